The summed E-state index contributed by atoms with van der Waals surface area (Å²) in [6.45, 7) is 4.67. The van der Waals surface area contributed by atoms with E-state index in [0.29, 0.717) is 25.8 Å². The molecule has 1 aliphatic heterocycles. The number of thiophene rings is 1. The van der Waals surface area contributed by atoms with Crippen LogP contribution < -0.4 is 10.6 Å². The van der Waals surface area contributed by atoms with E-state index < -0.39 is 22.2 Å². The number of alkyl carbamates (subject to hydrolysis) is 1. The van der Waals surface area contributed by atoms with Gasteiger partial charge in [-0.3, -0.25) is 9.59 Å². The number of unbranched alkanes of at least 4 members (excludes halogenated alkanes) is 1. The van der Waals surface area contributed by atoms with Crippen LogP contribution in [0.1, 0.15) is 24.8 Å². The number of hydrogen-bond acceptors (Lipinski definition) is 7. The van der Waals surface area contributed by atoms with Crippen LogP contribution >= 0.6 is 11.3 Å². The molecule has 0 spiro atoms. The van der Waals surface area contributed by atoms with Gasteiger partial charge in [-0.25, -0.2) is 13.2 Å². The monoisotopic (exact) mass is 548 g/mol. The second-order valence-electron chi connectivity index (χ2n) is 8.41. The first-order valence-corrected chi connectivity index (χ1v) is 14.3. The van der Waals surface area contributed by atoms with Crippen LogP contribution in [0.3, 0.4) is 0 Å². The molecule has 3 amide bonds. The minimum Gasteiger partial charge on any atom is -0.445 e. The number of nitrogens with one attached hydrogen (secondary N) is 2. The lowest BCUT2D eigenvalue weighted by atomic mass is 10.1. The molecule has 1 aliphatic rings. The highest BCUT2D eigenvalue weighted by atomic mass is 32.2. The summed E-state index contributed by atoms with van der Waals surface area (Å²) in [5.74, 6) is -0.564. The van der Waals surface area contributed by atoms with Crippen molar-refractivity contribution in [3.63, 3.8) is 0 Å². The lowest BCUT2D eigenvalue weighted by molar-refractivity contribution is -0.134. The predicted octanol–water partition coefficient (Wildman–Crippen LogP) is 2.35. The molecule has 1 aromatic carbocycles. The Hall–Kier alpha value is -3.22. The highest BCUT2D eigenvalue weighted by Crippen LogP contribution is 2.22. The van der Waals surface area contributed by atoms with Gasteiger partial charge in [-0.05, 0) is 42.3 Å². The summed E-state index contributed by atoms with van der Waals surface area (Å²) in [6.07, 6.45) is 2.00. The van der Waals surface area contributed by atoms with Crippen molar-refractivity contribution in [2.24, 2.45) is 0 Å². The molecule has 1 atom stereocenters. The van der Waals surface area contributed by atoms with Gasteiger partial charge in [0.1, 0.15) is 16.9 Å². The molecule has 1 fully saturated rings. The number of rotatable bonds is 12. The Labute approximate surface area is 221 Å². The number of ether oxygens (including phenoxy) is 1. The van der Waals surface area contributed by atoms with Crippen LogP contribution in [0.4, 0.5) is 4.79 Å². The van der Waals surface area contributed by atoms with Crippen molar-refractivity contribution in [2.75, 3.05) is 32.7 Å². The van der Waals surface area contributed by atoms with Gasteiger partial charge < -0.3 is 20.3 Å². The predicted molar refractivity (Wildman–Crippen MR) is 140 cm³/mol. The molecule has 2 heterocycles. The van der Waals surface area contributed by atoms with Crippen LogP contribution in [0.15, 0.2) is 64.7 Å². The Balaban J connectivity index is 1.56. The van der Waals surface area contributed by atoms with Gasteiger partial charge in [-0.15, -0.1) is 11.3 Å². The van der Waals surface area contributed by atoms with Gasteiger partial charge in [0.2, 0.25) is 11.8 Å². The molecule has 0 bridgehead atoms. The minimum absolute atomic E-state index is 0.0699. The Morgan fingerprint density at radius 1 is 1.05 bits per heavy atom. The Kier molecular flexibility index (Phi) is 10.7. The highest BCUT2D eigenvalue weighted by Gasteiger charge is 2.33. The SMILES string of the molecule is C=CC(=O)NCCCC[C@H](NC(=O)OCc1ccccc1)C(=O)N1CCN(S(=O)(=O)c2cccs2)CC1. The first-order valence-electron chi connectivity index (χ1n) is 12.0. The fraction of sp³-hybridized carbons (Fsp3) is 0.400. The van der Waals surface area contributed by atoms with E-state index in [4.69, 9.17) is 4.74 Å². The zero-order valence-electron chi connectivity index (χ0n) is 20.5. The van der Waals surface area contributed by atoms with Gasteiger partial charge in [-0.2, -0.15) is 4.31 Å². The third-order valence-electron chi connectivity index (χ3n) is 5.85. The number of hydrogen-bond donors (Lipinski definition) is 2. The normalized spacial score (nSPS) is 15.0. The number of carbonyl (C=O) groups is 3. The van der Waals surface area contributed by atoms with E-state index in [1.807, 2.05) is 30.3 Å². The van der Waals surface area contributed by atoms with Crippen molar-refractivity contribution in [2.45, 2.75) is 36.1 Å². The highest BCUT2D eigenvalue weighted by molar-refractivity contribution is 7.91. The van der Waals surface area contributed by atoms with Crippen molar-refractivity contribution >= 4 is 39.3 Å². The van der Waals surface area contributed by atoms with Crippen molar-refractivity contribution in [3.8, 4) is 0 Å². The third kappa shape index (κ3) is 8.41. The topological polar surface area (TPSA) is 125 Å². The lowest BCUT2D eigenvalue weighted by Gasteiger charge is -2.35. The van der Waals surface area contributed by atoms with Gasteiger partial charge >= 0.3 is 6.09 Å². The maximum atomic E-state index is 13.3. The average Bonchev–Trinajstić information content (AvgIpc) is 3.47. The second-order valence-corrected chi connectivity index (χ2v) is 11.5. The summed E-state index contributed by atoms with van der Waals surface area (Å²) in [5.41, 5.74) is 0.821. The molecular weight excluding hydrogens is 516 g/mol. The van der Waals surface area contributed by atoms with Crippen LogP contribution in [0, 0.1) is 0 Å². The third-order valence-corrected chi connectivity index (χ3v) is 9.12. The number of amides is 3. The van der Waals surface area contributed by atoms with Crippen LogP contribution in [-0.4, -0.2) is 74.3 Å². The zero-order chi connectivity index (χ0) is 26.7. The number of carbonyl (C=O) groups excluding carboxylic acids is 3. The van der Waals surface area contributed by atoms with Crippen LogP contribution in [-0.2, 0) is 31.0 Å². The number of nitrogens with zero attached hydrogens (tertiary/aromatic N) is 2. The molecule has 0 saturated carbocycles. The van der Waals surface area contributed by atoms with Gasteiger partial charge in [0.05, 0.1) is 0 Å². The Morgan fingerprint density at radius 3 is 2.43 bits per heavy atom. The van der Waals surface area contributed by atoms with Gasteiger partial charge in [0.15, 0.2) is 0 Å². The quantitative estimate of drug-likeness (QED) is 0.310. The number of sulfonamides is 1. The molecule has 1 saturated heterocycles. The molecular formula is C25H32N4O6S2. The van der Waals surface area contributed by atoms with Gasteiger partial charge in [-0.1, -0.05) is 43.0 Å². The molecule has 37 heavy (non-hydrogen) atoms. The fourth-order valence-corrected chi connectivity index (χ4v) is 6.40. The van der Waals surface area contributed by atoms with E-state index in [0.717, 1.165) is 16.9 Å². The summed E-state index contributed by atoms with van der Waals surface area (Å²) in [4.78, 5) is 38.7. The van der Waals surface area contributed by atoms with E-state index in [9.17, 15) is 22.8 Å². The van der Waals surface area contributed by atoms with E-state index >= 15 is 0 Å². The van der Waals surface area contributed by atoms with E-state index in [1.165, 1.54) is 10.4 Å². The summed E-state index contributed by atoms with van der Waals surface area (Å²) in [7, 11) is -3.59. The van der Waals surface area contributed by atoms with E-state index in [1.54, 1.807) is 22.4 Å². The van der Waals surface area contributed by atoms with Crippen LogP contribution in [0.2, 0.25) is 0 Å². The van der Waals surface area contributed by atoms with Crippen LogP contribution in [0.25, 0.3) is 0 Å². The molecule has 200 valence electrons. The van der Waals surface area contributed by atoms with Crippen molar-refractivity contribution in [1.82, 2.24) is 19.8 Å². The maximum Gasteiger partial charge on any atom is 0.408 e. The average molecular weight is 549 g/mol. The van der Waals surface area contributed by atoms with Gasteiger partial charge in [0.25, 0.3) is 10.0 Å². The number of piperazine rings is 1. The zero-order valence-corrected chi connectivity index (χ0v) is 22.1. The molecule has 0 radical (unpaired) electrons. The molecule has 12 heteroatoms. The van der Waals surface area contributed by atoms with Crippen molar-refractivity contribution < 1.29 is 27.5 Å². The lowest BCUT2D eigenvalue weighted by Crippen LogP contribution is -2.55. The Morgan fingerprint density at radius 2 is 1.78 bits per heavy atom. The molecule has 10 nitrogen and oxygen atoms in total. The standard InChI is InChI=1S/C25H32N4O6S2/c1-2-22(30)26-13-7-6-11-21(27-25(32)35-19-20-9-4-3-5-10-20)24(31)28-14-16-29(17-15-28)37(33,34)23-12-8-18-36-23/h2-5,8-10,12,18,21H,1,6-7,11,13-17,19H2,(H,26,30)(H,27,32)/t21-/m0/s1. The summed E-state index contributed by atoms with van der Waals surface area (Å²) in [6, 6.07) is 11.6. The molecule has 0 aliphatic carbocycles. The first kappa shape index (κ1) is 28.4. The first-order chi connectivity index (χ1) is 17.8. The fourth-order valence-electron chi connectivity index (χ4n) is 3.83. The van der Waals surface area contributed by atoms with Crippen LogP contribution in [0.5, 0.6) is 0 Å². The molecule has 1 aromatic heterocycles. The molecule has 2 aromatic rings. The van der Waals surface area contributed by atoms with Crippen molar-refractivity contribution in [3.05, 3.63) is 66.1 Å². The molecule has 0 unspecified atom stereocenters. The summed E-state index contributed by atoms with van der Waals surface area (Å²) < 4.78 is 32.5. The minimum atomic E-state index is -3.59. The molecule has 2 N–H and O–H groups in total. The number of benzene rings is 1. The van der Waals surface area contributed by atoms with E-state index in [2.05, 4.69) is 17.2 Å². The van der Waals surface area contributed by atoms with E-state index in [-0.39, 0.29) is 48.8 Å². The maximum absolute atomic E-state index is 13.3. The van der Waals surface area contributed by atoms with Crippen molar-refractivity contribution in [1.29, 1.82) is 0 Å². The second kappa shape index (κ2) is 13.9. The molecule has 3 rings (SSSR count). The Bertz CT molecular complexity index is 1150. The largest absolute Gasteiger partial charge is 0.445 e. The smallest absolute Gasteiger partial charge is 0.408 e. The summed E-state index contributed by atoms with van der Waals surface area (Å²) in [5, 5.41) is 7.07. The summed E-state index contributed by atoms with van der Waals surface area (Å²) >= 11 is 1.16. The van der Waals surface area contributed by atoms with Gasteiger partial charge in [0, 0.05) is 32.7 Å².